The van der Waals surface area contributed by atoms with Crippen LogP contribution >= 0.6 is 0 Å². The van der Waals surface area contributed by atoms with Crippen molar-refractivity contribution in [2.45, 2.75) is 12.8 Å². The van der Waals surface area contributed by atoms with Gasteiger partial charge in [0.05, 0.1) is 6.61 Å². The maximum absolute atomic E-state index is 11.3. The van der Waals surface area contributed by atoms with Crippen molar-refractivity contribution in [3.63, 3.8) is 0 Å². The molecule has 0 atom stereocenters. The molecule has 0 saturated carbocycles. The molecule has 2 N–H and O–H groups in total. The monoisotopic (exact) mass is 242 g/mol. The molecule has 2 amide bonds. The molecular formula is C11H18N2O4. The van der Waals surface area contributed by atoms with Crippen molar-refractivity contribution in [1.82, 2.24) is 10.2 Å². The minimum Gasteiger partial charge on any atom is -0.395 e. The summed E-state index contributed by atoms with van der Waals surface area (Å²) in [7, 11) is 1.60. The summed E-state index contributed by atoms with van der Waals surface area (Å²) in [4.78, 5) is 33.9. The summed E-state index contributed by atoms with van der Waals surface area (Å²) in [6, 6.07) is 0. The van der Waals surface area contributed by atoms with Crippen molar-refractivity contribution >= 4 is 18.1 Å². The number of nitrogens with zero attached hydrogens (tertiary/aromatic N) is 1. The maximum Gasteiger partial charge on any atom is 0.246 e. The van der Waals surface area contributed by atoms with Crippen LogP contribution in [0.15, 0.2) is 12.2 Å². The maximum atomic E-state index is 11.3. The Bertz CT molecular complexity index is 289. The number of aliphatic hydroxyl groups excluding tert-OH is 1. The van der Waals surface area contributed by atoms with Crippen molar-refractivity contribution in [3.8, 4) is 0 Å². The number of carbonyl (C=O) groups is 3. The zero-order chi connectivity index (χ0) is 13.1. The van der Waals surface area contributed by atoms with Gasteiger partial charge in [-0.2, -0.15) is 0 Å². The standard InChI is InChI=1S/C11H18N2O4/c1-13(11(17)5-3-8-14)7-2-4-10(16)12-6-9-15/h3,5,8,15H,2,4,6-7,9H2,1H3,(H,12,16)/b5-3-. The van der Waals surface area contributed by atoms with Crippen LogP contribution in [0.4, 0.5) is 0 Å². The quantitative estimate of drug-likeness (QED) is 0.426. The Hall–Kier alpha value is -1.69. The largest absolute Gasteiger partial charge is 0.395 e. The molecule has 6 nitrogen and oxygen atoms in total. The lowest BCUT2D eigenvalue weighted by Crippen LogP contribution is -2.29. The van der Waals surface area contributed by atoms with Crippen LogP contribution in [-0.2, 0) is 14.4 Å². The van der Waals surface area contributed by atoms with E-state index < -0.39 is 0 Å². The third kappa shape index (κ3) is 8.15. The normalized spacial score (nSPS) is 10.2. The van der Waals surface area contributed by atoms with E-state index in [0.717, 1.165) is 6.08 Å². The summed E-state index contributed by atoms with van der Waals surface area (Å²) >= 11 is 0. The number of allylic oxidation sites excluding steroid dienone is 1. The van der Waals surface area contributed by atoms with Gasteiger partial charge in [0, 0.05) is 32.6 Å². The molecule has 0 bridgehead atoms. The van der Waals surface area contributed by atoms with Gasteiger partial charge >= 0.3 is 0 Å². The highest BCUT2D eigenvalue weighted by molar-refractivity contribution is 5.90. The van der Waals surface area contributed by atoms with Crippen LogP contribution in [0.1, 0.15) is 12.8 Å². The topological polar surface area (TPSA) is 86.7 Å². The Labute approximate surface area is 100 Å². The summed E-state index contributed by atoms with van der Waals surface area (Å²) in [6.07, 6.45) is 3.68. The lowest BCUT2D eigenvalue weighted by Gasteiger charge is -2.14. The van der Waals surface area contributed by atoms with Gasteiger partial charge < -0.3 is 15.3 Å². The molecule has 0 aromatic rings. The first-order chi connectivity index (χ1) is 8.11. The number of rotatable bonds is 8. The number of aliphatic hydroxyl groups is 1. The van der Waals surface area contributed by atoms with Gasteiger partial charge in [-0.05, 0) is 12.5 Å². The van der Waals surface area contributed by atoms with E-state index in [1.54, 1.807) is 7.05 Å². The highest BCUT2D eigenvalue weighted by atomic mass is 16.3. The predicted molar refractivity (Wildman–Crippen MR) is 62.2 cm³/mol. The molecule has 6 heteroatoms. The second-order valence-corrected chi connectivity index (χ2v) is 3.43. The molecule has 0 aromatic carbocycles. The Balaban J connectivity index is 3.73. The molecular weight excluding hydrogens is 224 g/mol. The van der Waals surface area contributed by atoms with Crippen LogP contribution in [-0.4, -0.2) is 54.9 Å². The molecule has 0 saturated heterocycles. The van der Waals surface area contributed by atoms with Gasteiger partial charge in [-0.3, -0.25) is 14.4 Å². The van der Waals surface area contributed by atoms with E-state index in [4.69, 9.17) is 5.11 Å². The molecule has 0 aliphatic rings. The van der Waals surface area contributed by atoms with Crippen LogP contribution in [0.3, 0.4) is 0 Å². The van der Waals surface area contributed by atoms with Gasteiger partial charge in [0.2, 0.25) is 11.8 Å². The van der Waals surface area contributed by atoms with E-state index in [1.807, 2.05) is 0 Å². The third-order valence-corrected chi connectivity index (χ3v) is 2.02. The van der Waals surface area contributed by atoms with E-state index >= 15 is 0 Å². The van der Waals surface area contributed by atoms with E-state index in [-0.39, 0.29) is 25.0 Å². The molecule has 17 heavy (non-hydrogen) atoms. The first kappa shape index (κ1) is 15.3. The van der Waals surface area contributed by atoms with Gasteiger partial charge in [-0.25, -0.2) is 0 Å². The Morgan fingerprint density at radius 3 is 2.71 bits per heavy atom. The predicted octanol–water partition coefficient (Wildman–Crippen LogP) is -0.911. The molecule has 0 fully saturated rings. The molecule has 0 aliphatic carbocycles. The van der Waals surface area contributed by atoms with Crippen LogP contribution in [0, 0.1) is 0 Å². The number of carbonyl (C=O) groups excluding carboxylic acids is 3. The molecule has 0 heterocycles. The van der Waals surface area contributed by atoms with Gasteiger partial charge in [0.25, 0.3) is 0 Å². The van der Waals surface area contributed by atoms with Crippen LogP contribution in [0.2, 0.25) is 0 Å². The molecule has 0 radical (unpaired) electrons. The van der Waals surface area contributed by atoms with E-state index in [9.17, 15) is 14.4 Å². The average Bonchev–Trinajstić information content (AvgIpc) is 2.33. The number of hydrogen-bond donors (Lipinski definition) is 2. The van der Waals surface area contributed by atoms with Gasteiger partial charge in [0.15, 0.2) is 0 Å². The van der Waals surface area contributed by atoms with Crippen molar-refractivity contribution in [2.75, 3.05) is 26.7 Å². The number of likely N-dealkylation sites (N-methyl/N-ethyl adjacent to an activating group) is 1. The fourth-order valence-electron chi connectivity index (χ4n) is 1.12. The third-order valence-electron chi connectivity index (χ3n) is 2.02. The SMILES string of the molecule is CN(CCCC(=O)NCCO)C(=O)/C=C\C=O. The van der Waals surface area contributed by atoms with Crippen molar-refractivity contribution in [1.29, 1.82) is 0 Å². The van der Waals surface area contributed by atoms with Crippen LogP contribution in [0.25, 0.3) is 0 Å². The fraction of sp³-hybridized carbons (Fsp3) is 0.545. The fourth-order valence-corrected chi connectivity index (χ4v) is 1.12. The Morgan fingerprint density at radius 1 is 1.41 bits per heavy atom. The molecule has 96 valence electrons. The summed E-state index contributed by atoms with van der Waals surface area (Å²) in [5, 5.41) is 11.0. The summed E-state index contributed by atoms with van der Waals surface area (Å²) in [5.74, 6) is -0.420. The molecule has 0 aromatic heterocycles. The molecule has 0 spiro atoms. The minimum absolute atomic E-state index is 0.0827. The van der Waals surface area contributed by atoms with Crippen molar-refractivity contribution in [3.05, 3.63) is 12.2 Å². The van der Waals surface area contributed by atoms with E-state index in [0.29, 0.717) is 25.7 Å². The van der Waals surface area contributed by atoms with Crippen molar-refractivity contribution in [2.24, 2.45) is 0 Å². The first-order valence-corrected chi connectivity index (χ1v) is 5.36. The molecule has 0 aliphatic heterocycles. The van der Waals surface area contributed by atoms with Crippen LogP contribution < -0.4 is 5.32 Å². The van der Waals surface area contributed by atoms with Gasteiger partial charge in [-0.15, -0.1) is 0 Å². The smallest absolute Gasteiger partial charge is 0.246 e. The zero-order valence-electron chi connectivity index (χ0n) is 9.89. The lowest BCUT2D eigenvalue weighted by atomic mass is 10.2. The van der Waals surface area contributed by atoms with Crippen LogP contribution in [0.5, 0.6) is 0 Å². The van der Waals surface area contributed by atoms with Gasteiger partial charge in [-0.1, -0.05) is 0 Å². The average molecular weight is 242 g/mol. The summed E-state index contributed by atoms with van der Waals surface area (Å²) < 4.78 is 0. The summed E-state index contributed by atoms with van der Waals surface area (Å²) in [5.41, 5.74) is 0. The first-order valence-electron chi connectivity index (χ1n) is 5.36. The second-order valence-electron chi connectivity index (χ2n) is 3.43. The molecule has 0 rings (SSSR count). The van der Waals surface area contributed by atoms with Gasteiger partial charge in [0.1, 0.15) is 6.29 Å². The Morgan fingerprint density at radius 2 is 2.12 bits per heavy atom. The van der Waals surface area contributed by atoms with E-state index in [1.165, 1.54) is 11.0 Å². The summed E-state index contributed by atoms with van der Waals surface area (Å²) in [6.45, 7) is 0.602. The minimum atomic E-state index is -0.270. The second kappa shape index (κ2) is 9.53. The lowest BCUT2D eigenvalue weighted by molar-refractivity contribution is -0.126. The highest BCUT2D eigenvalue weighted by Crippen LogP contribution is 1.94. The van der Waals surface area contributed by atoms with Crippen molar-refractivity contribution < 1.29 is 19.5 Å². The number of hydrogen-bond acceptors (Lipinski definition) is 4. The Kier molecular flexibility index (Phi) is 8.58. The number of nitrogens with one attached hydrogen (secondary N) is 1. The van der Waals surface area contributed by atoms with E-state index in [2.05, 4.69) is 5.32 Å². The number of amides is 2. The molecule has 0 unspecified atom stereocenters. The zero-order valence-corrected chi connectivity index (χ0v) is 9.89. The highest BCUT2D eigenvalue weighted by Gasteiger charge is 2.06. The number of aldehydes is 1.